The highest BCUT2D eigenvalue weighted by molar-refractivity contribution is 4.89. The first-order chi connectivity index (χ1) is 9.95. The Kier molecular flexibility index (Phi) is 8.84. The number of nitrogens with one attached hydrogen (secondary N) is 1. The van der Waals surface area contributed by atoms with E-state index < -0.39 is 0 Å². The summed E-state index contributed by atoms with van der Waals surface area (Å²) in [4.78, 5) is 2.71. The van der Waals surface area contributed by atoms with Crippen LogP contribution < -0.4 is 5.32 Å². The summed E-state index contributed by atoms with van der Waals surface area (Å²) in [5.41, 5.74) is 0. The predicted molar refractivity (Wildman–Crippen MR) is 91.7 cm³/mol. The lowest BCUT2D eigenvalue weighted by Crippen LogP contribution is -2.60. The van der Waals surface area contributed by atoms with Crippen molar-refractivity contribution in [2.75, 3.05) is 32.8 Å². The fourth-order valence-electron chi connectivity index (χ4n) is 3.12. The van der Waals surface area contributed by atoms with Gasteiger partial charge in [0.25, 0.3) is 0 Å². The third-order valence-electron chi connectivity index (χ3n) is 4.77. The molecule has 21 heavy (non-hydrogen) atoms. The van der Waals surface area contributed by atoms with E-state index >= 15 is 0 Å². The normalized spacial score (nSPS) is 25.7. The largest absolute Gasteiger partial charge is 0.381 e. The van der Waals surface area contributed by atoms with Crippen LogP contribution in [-0.2, 0) is 4.74 Å². The van der Waals surface area contributed by atoms with Crippen LogP contribution in [0.15, 0.2) is 0 Å². The van der Waals surface area contributed by atoms with E-state index in [1.807, 2.05) is 0 Å². The van der Waals surface area contributed by atoms with E-state index in [-0.39, 0.29) is 0 Å². The molecular weight excluding hydrogens is 260 g/mol. The van der Waals surface area contributed by atoms with Gasteiger partial charge in [0.15, 0.2) is 0 Å². The number of nitrogens with zero attached hydrogens (tertiary/aromatic N) is 1. The number of hydrogen-bond acceptors (Lipinski definition) is 3. The topological polar surface area (TPSA) is 24.5 Å². The minimum Gasteiger partial charge on any atom is -0.381 e. The Morgan fingerprint density at radius 2 is 1.90 bits per heavy atom. The second-order valence-corrected chi connectivity index (χ2v) is 7.53. The summed E-state index contributed by atoms with van der Waals surface area (Å²) in [5, 5.41) is 3.77. The lowest BCUT2D eigenvalue weighted by atomic mass is 9.92. The van der Waals surface area contributed by atoms with Crippen LogP contribution in [0.25, 0.3) is 0 Å². The van der Waals surface area contributed by atoms with Gasteiger partial charge in [-0.05, 0) is 24.2 Å². The molecule has 0 aromatic heterocycles. The summed E-state index contributed by atoms with van der Waals surface area (Å²) < 4.78 is 5.74. The molecule has 1 aliphatic rings. The van der Waals surface area contributed by atoms with Gasteiger partial charge in [-0.3, -0.25) is 4.90 Å². The quantitative estimate of drug-likeness (QED) is 0.660. The maximum Gasteiger partial charge on any atom is 0.0489 e. The molecule has 1 rings (SSSR count). The Morgan fingerprint density at radius 1 is 1.19 bits per heavy atom. The van der Waals surface area contributed by atoms with Gasteiger partial charge in [0, 0.05) is 44.9 Å². The molecule has 3 atom stereocenters. The highest BCUT2D eigenvalue weighted by atomic mass is 16.5. The molecule has 1 N–H and O–H groups in total. The molecule has 3 heteroatoms. The summed E-state index contributed by atoms with van der Waals surface area (Å²) in [6.45, 7) is 19.1. The highest BCUT2D eigenvalue weighted by Crippen LogP contribution is 2.20. The van der Waals surface area contributed by atoms with E-state index in [9.17, 15) is 0 Å². The van der Waals surface area contributed by atoms with Crippen molar-refractivity contribution in [2.24, 2.45) is 17.8 Å². The molecule has 126 valence electrons. The summed E-state index contributed by atoms with van der Waals surface area (Å²) in [7, 11) is 0. The van der Waals surface area contributed by atoms with Crippen LogP contribution in [-0.4, -0.2) is 49.8 Å². The zero-order valence-electron chi connectivity index (χ0n) is 15.2. The summed E-state index contributed by atoms with van der Waals surface area (Å²) in [6, 6.07) is 1.33. The van der Waals surface area contributed by atoms with Gasteiger partial charge >= 0.3 is 0 Å². The van der Waals surface area contributed by atoms with E-state index in [4.69, 9.17) is 4.74 Å². The Bertz CT molecular complexity index is 268. The van der Waals surface area contributed by atoms with Crippen LogP contribution in [0, 0.1) is 17.8 Å². The molecule has 0 aliphatic carbocycles. The average molecular weight is 299 g/mol. The first-order valence-electron chi connectivity index (χ1n) is 9.00. The first kappa shape index (κ1) is 18.9. The molecule has 0 radical (unpaired) electrons. The Hall–Kier alpha value is -0.120. The fourth-order valence-corrected chi connectivity index (χ4v) is 3.12. The third-order valence-corrected chi connectivity index (χ3v) is 4.77. The van der Waals surface area contributed by atoms with Gasteiger partial charge in [0.1, 0.15) is 0 Å². The summed E-state index contributed by atoms with van der Waals surface area (Å²) in [6.07, 6.45) is 2.42. The second kappa shape index (κ2) is 9.81. The number of hydrogen-bond donors (Lipinski definition) is 1. The van der Waals surface area contributed by atoms with Crippen molar-refractivity contribution in [1.82, 2.24) is 10.2 Å². The van der Waals surface area contributed by atoms with Gasteiger partial charge in [-0.2, -0.15) is 0 Å². The molecule has 0 amide bonds. The van der Waals surface area contributed by atoms with Crippen molar-refractivity contribution in [2.45, 2.75) is 66.5 Å². The van der Waals surface area contributed by atoms with Gasteiger partial charge < -0.3 is 10.1 Å². The highest BCUT2D eigenvalue weighted by Gasteiger charge is 2.31. The molecule has 1 aliphatic heterocycles. The number of rotatable bonds is 9. The molecule has 1 heterocycles. The van der Waals surface area contributed by atoms with Crippen LogP contribution in [0.4, 0.5) is 0 Å². The Labute approximate surface area is 132 Å². The van der Waals surface area contributed by atoms with Crippen molar-refractivity contribution >= 4 is 0 Å². The van der Waals surface area contributed by atoms with Gasteiger partial charge in [0.2, 0.25) is 0 Å². The molecule has 0 aromatic rings. The van der Waals surface area contributed by atoms with Crippen LogP contribution >= 0.6 is 0 Å². The monoisotopic (exact) mass is 298 g/mol. The molecule has 0 spiro atoms. The molecule has 3 nitrogen and oxygen atoms in total. The standard InChI is InChI=1S/C18H38N2O/c1-7-16(6)17-12-20(18(11-19-17)15(4)5)9-8-10-21-13-14(2)3/h14-19H,7-13H2,1-6H3. The molecule has 1 fully saturated rings. The summed E-state index contributed by atoms with van der Waals surface area (Å²) in [5.74, 6) is 2.12. The van der Waals surface area contributed by atoms with E-state index in [1.165, 1.54) is 19.5 Å². The zero-order chi connectivity index (χ0) is 15.8. The fraction of sp³-hybridized carbons (Fsp3) is 1.00. The lowest BCUT2D eigenvalue weighted by molar-refractivity contribution is 0.0593. The van der Waals surface area contributed by atoms with Crippen LogP contribution in [0.5, 0.6) is 0 Å². The van der Waals surface area contributed by atoms with Crippen molar-refractivity contribution in [3.05, 3.63) is 0 Å². The lowest BCUT2D eigenvalue weighted by Gasteiger charge is -2.44. The maximum atomic E-state index is 5.74. The Balaban J connectivity index is 2.40. The van der Waals surface area contributed by atoms with E-state index in [0.29, 0.717) is 23.9 Å². The van der Waals surface area contributed by atoms with Gasteiger partial charge in [-0.1, -0.05) is 48.0 Å². The van der Waals surface area contributed by atoms with E-state index in [0.717, 1.165) is 32.1 Å². The minimum atomic E-state index is 0.641. The Morgan fingerprint density at radius 3 is 2.48 bits per heavy atom. The van der Waals surface area contributed by atoms with Crippen molar-refractivity contribution < 1.29 is 4.74 Å². The number of ether oxygens (including phenoxy) is 1. The van der Waals surface area contributed by atoms with E-state index in [1.54, 1.807) is 0 Å². The van der Waals surface area contributed by atoms with Gasteiger partial charge in [-0.15, -0.1) is 0 Å². The van der Waals surface area contributed by atoms with Crippen molar-refractivity contribution in [1.29, 1.82) is 0 Å². The second-order valence-electron chi connectivity index (χ2n) is 7.53. The van der Waals surface area contributed by atoms with Gasteiger partial charge in [0.05, 0.1) is 0 Å². The molecule has 0 saturated carbocycles. The first-order valence-corrected chi connectivity index (χ1v) is 9.00. The SMILES string of the molecule is CCC(C)C1CN(CCCOCC(C)C)C(C(C)C)CN1. The minimum absolute atomic E-state index is 0.641. The van der Waals surface area contributed by atoms with E-state index in [2.05, 4.69) is 51.8 Å². The third kappa shape index (κ3) is 6.66. The smallest absolute Gasteiger partial charge is 0.0489 e. The molecule has 3 unspecified atom stereocenters. The molecule has 0 bridgehead atoms. The maximum absolute atomic E-state index is 5.74. The number of piperazine rings is 1. The molecule has 0 aromatic carbocycles. The van der Waals surface area contributed by atoms with Crippen molar-refractivity contribution in [3.8, 4) is 0 Å². The molecule has 1 saturated heterocycles. The van der Waals surface area contributed by atoms with Crippen LogP contribution in [0.2, 0.25) is 0 Å². The molecular formula is C18H38N2O. The van der Waals surface area contributed by atoms with Crippen LogP contribution in [0.1, 0.15) is 54.4 Å². The van der Waals surface area contributed by atoms with Crippen molar-refractivity contribution in [3.63, 3.8) is 0 Å². The predicted octanol–water partition coefficient (Wildman–Crippen LogP) is 3.39. The average Bonchev–Trinajstić information content (AvgIpc) is 2.45. The summed E-state index contributed by atoms with van der Waals surface area (Å²) >= 11 is 0. The van der Waals surface area contributed by atoms with Crippen LogP contribution in [0.3, 0.4) is 0 Å². The van der Waals surface area contributed by atoms with Gasteiger partial charge in [-0.25, -0.2) is 0 Å². The zero-order valence-corrected chi connectivity index (χ0v) is 15.2.